The monoisotopic (exact) mass is 359 g/mol. The van der Waals surface area contributed by atoms with Crippen LogP contribution in [0.4, 0.5) is 0 Å². The number of amides is 1. The smallest absolute Gasteiger partial charge is 0.258 e. The quantitative estimate of drug-likeness (QED) is 0.885. The highest BCUT2D eigenvalue weighted by Crippen LogP contribution is 2.49. The normalized spacial score (nSPS) is 26.1. The van der Waals surface area contributed by atoms with Crippen LogP contribution in [0.1, 0.15) is 43.0 Å². The van der Waals surface area contributed by atoms with Gasteiger partial charge in [0.15, 0.2) is 6.61 Å². The molecule has 2 aliphatic carbocycles. The third-order valence-corrected chi connectivity index (χ3v) is 7.21. The lowest BCUT2D eigenvalue weighted by atomic mass is 9.84. The molecule has 4 atom stereocenters. The maximum absolute atomic E-state index is 12.3. The van der Waals surface area contributed by atoms with Crippen molar-refractivity contribution in [1.29, 1.82) is 0 Å². The summed E-state index contributed by atoms with van der Waals surface area (Å²) < 4.78 is 5.74. The van der Waals surface area contributed by atoms with Gasteiger partial charge in [0.2, 0.25) is 5.88 Å². The molecule has 0 radical (unpaired) electrons. The molecule has 4 unspecified atom stereocenters. The molecule has 2 fully saturated rings. The zero-order chi connectivity index (χ0) is 17.6. The number of aryl methyl sites for hydroxylation is 2. The van der Waals surface area contributed by atoms with E-state index in [-0.39, 0.29) is 18.6 Å². The minimum absolute atomic E-state index is 0.00556. The molecule has 0 aliphatic heterocycles. The van der Waals surface area contributed by atoms with Crippen molar-refractivity contribution in [3.05, 3.63) is 16.8 Å². The number of nitrogens with one attached hydrogen (secondary N) is 1. The first-order chi connectivity index (χ1) is 12.0. The first-order valence-corrected chi connectivity index (χ1v) is 9.97. The molecule has 2 aromatic rings. The van der Waals surface area contributed by atoms with Gasteiger partial charge in [0.05, 0.1) is 5.39 Å². The minimum Gasteiger partial charge on any atom is -0.467 e. The SMILES string of the molecule is Cc1sc2ncnc(OCC(=O)NC(C)C3CC4CCC3C4)c2c1C. The van der Waals surface area contributed by atoms with Crippen LogP contribution in [0.3, 0.4) is 0 Å². The van der Waals surface area contributed by atoms with Crippen LogP contribution in [-0.2, 0) is 4.79 Å². The number of hydrogen-bond donors (Lipinski definition) is 1. The van der Waals surface area contributed by atoms with Crippen molar-refractivity contribution < 1.29 is 9.53 Å². The zero-order valence-corrected chi connectivity index (χ0v) is 15.9. The van der Waals surface area contributed by atoms with E-state index in [9.17, 15) is 4.79 Å². The fourth-order valence-electron chi connectivity index (χ4n) is 4.70. The van der Waals surface area contributed by atoms with E-state index in [2.05, 4.69) is 29.1 Å². The molecule has 1 amide bonds. The number of thiophene rings is 1. The Bertz CT molecular complexity index is 803. The Kier molecular flexibility index (Phi) is 4.40. The molecule has 2 bridgehead atoms. The highest BCUT2D eigenvalue weighted by atomic mass is 32.1. The molecule has 2 aromatic heterocycles. The standard InChI is InChI=1S/C19H25N3O2S/c1-10-12(3)25-19-17(10)18(20-9-21-19)24-8-16(23)22-11(2)15-7-13-4-5-14(15)6-13/h9,11,13-15H,4-8H2,1-3H3,(H,22,23). The number of hydrogen-bond acceptors (Lipinski definition) is 5. The summed E-state index contributed by atoms with van der Waals surface area (Å²) in [7, 11) is 0. The van der Waals surface area contributed by atoms with Crippen molar-refractivity contribution in [1.82, 2.24) is 15.3 Å². The van der Waals surface area contributed by atoms with Crippen LogP contribution in [0, 0.1) is 31.6 Å². The highest BCUT2D eigenvalue weighted by molar-refractivity contribution is 7.18. The third-order valence-electron chi connectivity index (χ3n) is 6.09. The summed E-state index contributed by atoms with van der Waals surface area (Å²) in [4.78, 5) is 23.0. The Morgan fingerprint density at radius 2 is 2.20 bits per heavy atom. The van der Waals surface area contributed by atoms with Gasteiger partial charge in [0.1, 0.15) is 11.2 Å². The molecular formula is C19H25N3O2S. The topological polar surface area (TPSA) is 64.1 Å². The van der Waals surface area contributed by atoms with Gasteiger partial charge in [0, 0.05) is 10.9 Å². The fraction of sp³-hybridized carbons (Fsp3) is 0.632. The highest BCUT2D eigenvalue weighted by Gasteiger charge is 2.42. The summed E-state index contributed by atoms with van der Waals surface area (Å²) >= 11 is 1.63. The molecular weight excluding hydrogens is 334 g/mol. The molecule has 5 nitrogen and oxygen atoms in total. The van der Waals surface area contributed by atoms with E-state index in [0.29, 0.717) is 11.8 Å². The average Bonchev–Trinajstić information content (AvgIpc) is 3.29. The van der Waals surface area contributed by atoms with Crippen LogP contribution < -0.4 is 10.1 Å². The minimum atomic E-state index is -0.0633. The Labute approximate surface area is 152 Å². The van der Waals surface area contributed by atoms with Crippen LogP contribution in [0.2, 0.25) is 0 Å². The van der Waals surface area contributed by atoms with Crippen LogP contribution >= 0.6 is 11.3 Å². The number of nitrogens with zero attached hydrogens (tertiary/aromatic N) is 2. The third kappa shape index (κ3) is 3.12. The first-order valence-electron chi connectivity index (χ1n) is 9.15. The number of fused-ring (bicyclic) bond motifs is 3. The number of aromatic nitrogens is 2. The van der Waals surface area contributed by atoms with Crippen LogP contribution in [0.15, 0.2) is 6.33 Å². The first kappa shape index (κ1) is 16.8. The van der Waals surface area contributed by atoms with Crippen molar-refractivity contribution in [2.45, 2.75) is 52.5 Å². The van der Waals surface area contributed by atoms with E-state index in [4.69, 9.17) is 4.74 Å². The van der Waals surface area contributed by atoms with Gasteiger partial charge in [-0.1, -0.05) is 6.42 Å². The van der Waals surface area contributed by atoms with Gasteiger partial charge in [-0.2, -0.15) is 0 Å². The summed E-state index contributed by atoms with van der Waals surface area (Å²) in [6.07, 6.45) is 6.85. The molecule has 4 rings (SSSR count). The molecule has 0 spiro atoms. The van der Waals surface area contributed by atoms with E-state index in [1.165, 1.54) is 36.9 Å². The second-order valence-electron chi connectivity index (χ2n) is 7.63. The number of rotatable bonds is 5. The van der Waals surface area contributed by atoms with E-state index in [0.717, 1.165) is 27.6 Å². The average molecular weight is 359 g/mol. The van der Waals surface area contributed by atoms with Gasteiger partial charge >= 0.3 is 0 Å². The van der Waals surface area contributed by atoms with E-state index in [1.54, 1.807) is 11.3 Å². The summed E-state index contributed by atoms with van der Waals surface area (Å²) in [5.41, 5.74) is 1.13. The molecule has 0 saturated heterocycles. The van der Waals surface area contributed by atoms with Gasteiger partial charge in [0.25, 0.3) is 5.91 Å². The number of carbonyl (C=O) groups excluding carboxylic acids is 1. The van der Waals surface area contributed by atoms with Crippen molar-refractivity contribution in [3.63, 3.8) is 0 Å². The van der Waals surface area contributed by atoms with E-state index >= 15 is 0 Å². The van der Waals surface area contributed by atoms with Crippen molar-refractivity contribution in [3.8, 4) is 5.88 Å². The summed E-state index contributed by atoms with van der Waals surface area (Å²) in [5.74, 6) is 2.78. The number of carbonyl (C=O) groups is 1. The van der Waals surface area contributed by atoms with Gasteiger partial charge in [-0.05, 0) is 63.4 Å². The summed E-state index contributed by atoms with van der Waals surface area (Å²) in [5, 5.41) is 4.07. The zero-order valence-electron chi connectivity index (χ0n) is 15.0. The molecule has 1 N–H and O–H groups in total. The van der Waals surface area contributed by atoms with Gasteiger partial charge in [-0.25, -0.2) is 9.97 Å². The largest absolute Gasteiger partial charge is 0.467 e. The lowest BCUT2D eigenvalue weighted by molar-refractivity contribution is -0.124. The molecule has 25 heavy (non-hydrogen) atoms. The fourth-order valence-corrected chi connectivity index (χ4v) is 5.69. The van der Waals surface area contributed by atoms with Crippen molar-refractivity contribution >= 4 is 27.5 Å². The molecule has 6 heteroatoms. The Balaban J connectivity index is 1.37. The van der Waals surface area contributed by atoms with Crippen LogP contribution in [0.5, 0.6) is 5.88 Å². The van der Waals surface area contributed by atoms with Crippen molar-refractivity contribution in [2.75, 3.05) is 6.61 Å². The number of ether oxygens (including phenoxy) is 1. The summed E-state index contributed by atoms with van der Waals surface area (Å²) in [6.45, 7) is 6.25. The van der Waals surface area contributed by atoms with Crippen LogP contribution in [0.25, 0.3) is 10.2 Å². The molecule has 2 aliphatic rings. The predicted octanol–water partition coefficient (Wildman–Crippen LogP) is 3.63. The van der Waals surface area contributed by atoms with E-state index in [1.807, 2.05) is 6.92 Å². The maximum Gasteiger partial charge on any atom is 0.258 e. The van der Waals surface area contributed by atoms with Crippen LogP contribution in [-0.4, -0.2) is 28.5 Å². The van der Waals surface area contributed by atoms with Gasteiger partial charge in [-0.15, -0.1) is 11.3 Å². The molecule has 2 heterocycles. The Morgan fingerprint density at radius 1 is 1.36 bits per heavy atom. The molecule has 134 valence electrons. The predicted molar refractivity (Wildman–Crippen MR) is 98.9 cm³/mol. The lowest BCUT2D eigenvalue weighted by Gasteiger charge is -2.28. The lowest BCUT2D eigenvalue weighted by Crippen LogP contribution is -2.42. The molecule has 2 saturated carbocycles. The second-order valence-corrected chi connectivity index (χ2v) is 8.83. The Morgan fingerprint density at radius 3 is 2.92 bits per heavy atom. The maximum atomic E-state index is 12.3. The Hall–Kier alpha value is -1.69. The van der Waals surface area contributed by atoms with Gasteiger partial charge < -0.3 is 10.1 Å². The summed E-state index contributed by atoms with van der Waals surface area (Å²) in [6, 6.07) is 0.224. The van der Waals surface area contributed by atoms with Crippen molar-refractivity contribution in [2.24, 2.45) is 17.8 Å². The molecule has 0 aromatic carbocycles. The second kappa shape index (κ2) is 6.56. The van der Waals surface area contributed by atoms with Gasteiger partial charge in [-0.3, -0.25) is 4.79 Å². The van der Waals surface area contributed by atoms with E-state index < -0.39 is 0 Å².